The highest BCUT2D eigenvalue weighted by molar-refractivity contribution is 7.99. The van der Waals surface area contributed by atoms with E-state index in [1.807, 2.05) is 11.8 Å². The molecule has 0 spiro atoms. The highest BCUT2D eigenvalue weighted by Crippen LogP contribution is 2.28. The summed E-state index contributed by atoms with van der Waals surface area (Å²) in [5.41, 5.74) is 1.94. The molecule has 19 heavy (non-hydrogen) atoms. The number of thioether (sulfide) groups is 1. The van der Waals surface area contributed by atoms with Crippen molar-refractivity contribution in [1.29, 1.82) is 0 Å². The molecule has 1 rings (SSSR count). The van der Waals surface area contributed by atoms with Crippen molar-refractivity contribution in [2.45, 2.75) is 57.9 Å². The monoisotopic (exact) mass is 279 g/mol. The summed E-state index contributed by atoms with van der Waals surface area (Å²) in [6.45, 7) is 13.6. The topological polar surface area (TPSA) is 12.0 Å². The summed E-state index contributed by atoms with van der Waals surface area (Å²) in [5, 5.41) is 3.43. The lowest BCUT2D eigenvalue weighted by Crippen LogP contribution is -2.40. The van der Waals surface area contributed by atoms with Gasteiger partial charge in [-0.2, -0.15) is 0 Å². The maximum absolute atomic E-state index is 3.43. The molecular weight excluding hydrogens is 250 g/mol. The molecule has 0 heterocycles. The van der Waals surface area contributed by atoms with Crippen molar-refractivity contribution in [3.63, 3.8) is 0 Å². The van der Waals surface area contributed by atoms with E-state index in [0.29, 0.717) is 11.5 Å². The molecule has 0 aliphatic carbocycles. The first-order valence-electron chi connectivity index (χ1n) is 7.05. The van der Waals surface area contributed by atoms with Crippen LogP contribution in [0.3, 0.4) is 0 Å². The molecule has 1 nitrogen and oxygen atoms in total. The standard InChI is InChI=1S/C17H29NS/c1-16(2,3)13-8-10-14(11-9-13)19-12-15(18-7)17(4,5)6/h8-11,15,18H,12H2,1-7H3. The van der Waals surface area contributed by atoms with Crippen molar-refractivity contribution in [2.24, 2.45) is 5.41 Å². The zero-order chi connectivity index (χ0) is 14.7. The maximum atomic E-state index is 3.43. The van der Waals surface area contributed by atoms with E-state index in [2.05, 4.69) is 78.2 Å². The maximum Gasteiger partial charge on any atom is 0.0207 e. The van der Waals surface area contributed by atoms with Crippen LogP contribution in [0.2, 0.25) is 0 Å². The van der Waals surface area contributed by atoms with Gasteiger partial charge in [-0.3, -0.25) is 0 Å². The summed E-state index contributed by atoms with van der Waals surface area (Å²) in [6, 6.07) is 9.54. The van der Waals surface area contributed by atoms with Gasteiger partial charge in [-0.05, 0) is 35.6 Å². The Hall–Kier alpha value is -0.470. The molecule has 1 unspecified atom stereocenters. The van der Waals surface area contributed by atoms with Crippen molar-refractivity contribution >= 4 is 11.8 Å². The summed E-state index contributed by atoms with van der Waals surface area (Å²) in [4.78, 5) is 1.36. The Morgan fingerprint density at radius 1 is 1.00 bits per heavy atom. The molecule has 0 bridgehead atoms. The molecule has 1 aromatic rings. The van der Waals surface area contributed by atoms with Crippen molar-refractivity contribution in [1.82, 2.24) is 5.32 Å². The molecule has 2 heteroatoms. The van der Waals surface area contributed by atoms with E-state index in [-0.39, 0.29) is 5.41 Å². The normalized spacial score (nSPS) is 14.5. The number of nitrogens with one attached hydrogen (secondary N) is 1. The molecule has 0 radical (unpaired) electrons. The lowest BCUT2D eigenvalue weighted by Gasteiger charge is -2.30. The van der Waals surface area contributed by atoms with Crippen LogP contribution in [0.15, 0.2) is 29.2 Å². The van der Waals surface area contributed by atoms with Crippen molar-refractivity contribution in [3.05, 3.63) is 29.8 Å². The molecular formula is C17H29NS. The van der Waals surface area contributed by atoms with Crippen LogP contribution in [0.5, 0.6) is 0 Å². The number of hydrogen-bond donors (Lipinski definition) is 1. The van der Waals surface area contributed by atoms with Gasteiger partial charge >= 0.3 is 0 Å². The molecule has 0 aliphatic heterocycles. The van der Waals surface area contributed by atoms with Gasteiger partial charge in [0.05, 0.1) is 0 Å². The van der Waals surface area contributed by atoms with E-state index in [4.69, 9.17) is 0 Å². The van der Waals surface area contributed by atoms with Crippen LogP contribution < -0.4 is 5.32 Å². The molecule has 1 N–H and O–H groups in total. The third-order valence-corrected chi connectivity index (χ3v) is 4.64. The molecule has 108 valence electrons. The van der Waals surface area contributed by atoms with Gasteiger partial charge < -0.3 is 5.32 Å². The zero-order valence-corrected chi connectivity index (χ0v) is 14.3. The largest absolute Gasteiger partial charge is 0.316 e. The van der Waals surface area contributed by atoms with Crippen molar-refractivity contribution in [2.75, 3.05) is 12.8 Å². The van der Waals surface area contributed by atoms with E-state index in [9.17, 15) is 0 Å². The second-order valence-corrected chi connectivity index (χ2v) is 8.39. The molecule has 1 aromatic carbocycles. The van der Waals surface area contributed by atoms with Crippen LogP contribution in [-0.2, 0) is 5.41 Å². The minimum atomic E-state index is 0.238. The Morgan fingerprint density at radius 2 is 1.53 bits per heavy atom. The van der Waals surface area contributed by atoms with Crippen LogP contribution >= 0.6 is 11.8 Å². The Balaban J connectivity index is 2.64. The Labute approximate surface area is 123 Å². The molecule has 1 atom stereocenters. The fourth-order valence-electron chi connectivity index (χ4n) is 2.00. The van der Waals surface area contributed by atoms with E-state index in [0.717, 1.165) is 5.75 Å². The minimum absolute atomic E-state index is 0.238. The molecule has 0 saturated heterocycles. The fraction of sp³-hybridized carbons (Fsp3) is 0.647. The predicted molar refractivity (Wildman–Crippen MR) is 88.2 cm³/mol. The predicted octanol–water partition coefficient (Wildman–Crippen LogP) is 4.71. The molecule has 0 saturated carbocycles. The SMILES string of the molecule is CNC(CSc1ccc(C(C)(C)C)cc1)C(C)(C)C. The van der Waals surface area contributed by atoms with Crippen LogP contribution in [0.25, 0.3) is 0 Å². The lowest BCUT2D eigenvalue weighted by atomic mass is 9.87. The summed E-state index contributed by atoms with van der Waals surface area (Å²) in [6.07, 6.45) is 0. The second kappa shape index (κ2) is 6.32. The lowest BCUT2D eigenvalue weighted by molar-refractivity contribution is 0.305. The number of hydrogen-bond acceptors (Lipinski definition) is 2. The van der Waals surface area contributed by atoms with Gasteiger partial charge in [0.2, 0.25) is 0 Å². The van der Waals surface area contributed by atoms with Gasteiger partial charge in [0.15, 0.2) is 0 Å². The van der Waals surface area contributed by atoms with Gasteiger partial charge in [0, 0.05) is 16.7 Å². The average molecular weight is 279 g/mol. The number of rotatable bonds is 4. The molecule has 0 amide bonds. The van der Waals surface area contributed by atoms with Gasteiger partial charge in [-0.25, -0.2) is 0 Å². The first-order chi connectivity index (χ1) is 8.64. The van der Waals surface area contributed by atoms with E-state index >= 15 is 0 Å². The second-order valence-electron chi connectivity index (χ2n) is 7.29. The molecule has 0 fully saturated rings. The first kappa shape index (κ1) is 16.6. The smallest absolute Gasteiger partial charge is 0.0207 e. The zero-order valence-electron chi connectivity index (χ0n) is 13.5. The Kier molecular flexibility index (Phi) is 5.52. The summed E-state index contributed by atoms with van der Waals surface area (Å²) >= 11 is 1.94. The molecule has 0 aromatic heterocycles. The number of benzene rings is 1. The van der Waals surface area contributed by atoms with Crippen LogP contribution in [0.4, 0.5) is 0 Å². The summed E-state index contributed by atoms with van der Waals surface area (Å²) < 4.78 is 0. The van der Waals surface area contributed by atoms with Crippen molar-refractivity contribution in [3.8, 4) is 0 Å². The van der Waals surface area contributed by atoms with E-state index in [1.165, 1.54) is 10.5 Å². The van der Waals surface area contributed by atoms with Crippen LogP contribution in [-0.4, -0.2) is 18.8 Å². The molecule has 0 aliphatic rings. The quantitative estimate of drug-likeness (QED) is 0.801. The van der Waals surface area contributed by atoms with Crippen LogP contribution in [0, 0.1) is 5.41 Å². The highest BCUT2D eigenvalue weighted by Gasteiger charge is 2.22. The van der Waals surface area contributed by atoms with Gasteiger partial charge in [0.25, 0.3) is 0 Å². The average Bonchev–Trinajstić information content (AvgIpc) is 2.27. The van der Waals surface area contributed by atoms with Gasteiger partial charge in [-0.1, -0.05) is 53.7 Å². The first-order valence-corrected chi connectivity index (χ1v) is 8.04. The van der Waals surface area contributed by atoms with Gasteiger partial charge in [-0.15, -0.1) is 11.8 Å². The summed E-state index contributed by atoms with van der Waals surface area (Å²) in [5.74, 6) is 1.11. The summed E-state index contributed by atoms with van der Waals surface area (Å²) in [7, 11) is 2.05. The Bertz CT molecular complexity index is 381. The van der Waals surface area contributed by atoms with Crippen LogP contribution in [0.1, 0.15) is 47.1 Å². The highest BCUT2D eigenvalue weighted by atomic mass is 32.2. The third kappa shape index (κ3) is 5.19. The third-order valence-electron chi connectivity index (χ3n) is 3.53. The van der Waals surface area contributed by atoms with Crippen molar-refractivity contribution < 1.29 is 0 Å². The van der Waals surface area contributed by atoms with E-state index in [1.54, 1.807) is 0 Å². The van der Waals surface area contributed by atoms with E-state index < -0.39 is 0 Å². The fourth-order valence-corrected chi connectivity index (χ4v) is 3.35. The Morgan fingerprint density at radius 3 is 1.89 bits per heavy atom. The minimum Gasteiger partial charge on any atom is -0.316 e. The van der Waals surface area contributed by atoms with Gasteiger partial charge in [0.1, 0.15) is 0 Å².